The molecule has 3 saturated carbocycles. The number of halogens is 8. The maximum absolute atomic E-state index is 14.1. The second-order valence-corrected chi connectivity index (χ2v) is 12.7. The van der Waals surface area contributed by atoms with E-state index in [-0.39, 0.29) is 46.7 Å². The Kier molecular flexibility index (Phi) is 6.78. The fourth-order valence-electron chi connectivity index (χ4n) is 7.28. The highest BCUT2D eigenvalue weighted by molar-refractivity contribution is 7.88. The quantitative estimate of drug-likeness (QED) is 0.259. The zero-order valence-corrected chi connectivity index (χ0v) is 20.9. The fraction of sp³-hybridized carbons (Fsp3) is 0.870. The van der Waals surface area contributed by atoms with Gasteiger partial charge in [0.2, 0.25) is 0 Å². The minimum Gasteiger partial charge on any atom is -0.383 e. The van der Waals surface area contributed by atoms with E-state index in [1.807, 2.05) is 13.8 Å². The molecular weight excluding hydrogens is 540 g/mol. The van der Waals surface area contributed by atoms with Crippen LogP contribution in [0.15, 0.2) is 11.8 Å². The lowest BCUT2D eigenvalue weighted by molar-refractivity contribution is -0.435. The van der Waals surface area contributed by atoms with Crippen LogP contribution in [-0.4, -0.2) is 38.1 Å². The minimum atomic E-state index is -6.61. The molecule has 0 spiro atoms. The van der Waals surface area contributed by atoms with Crippen LogP contribution in [0.25, 0.3) is 0 Å². The first kappa shape index (κ1) is 28.6. The van der Waals surface area contributed by atoms with Crippen molar-refractivity contribution in [3.05, 3.63) is 11.8 Å². The summed E-state index contributed by atoms with van der Waals surface area (Å²) in [6.45, 7) is 4.00. The molecular formula is C23H28F8O5S. The zero-order valence-electron chi connectivity index (χ0n) is 20.1. The van der Waals surface area contributed by atoms with Crippen LogP contribution in [0.1, 0.15) is 65.2 Å². The number of rotatable bonds is 7. The number of hydrogen-bond donors (Lipinski definition) is 0. The maximum atomic E-state index is 14.1. The molecule has 0 N–H and O–H groups in total. The third kappa shape index (κ3) is 4.37. The average Bonchev–Trinajstić information content (AvgIpc) is 3.07. The molecule has 0 amide bonds. The van der Waals surface area contributed by atoms with Crippen LogP contribution >= 0.6 is 0 Å². The van der Waals surface area contributed by atoms with Gasteiger partial charge in [-0.2, -0.15) is 34.8 Å². The summed E-state index contributed by atoms with van der Waals surface area (Å²) in [7, 11) is -6.61. The Hall–Kier alpha value is -1.44. The summed E-state index contributed by atoms with van der Waals surface area (Å²) in [6.07, 6.45) is -12.0. The lowest BCUT2D eigenvalue weighted by Crippen LogP contribution is -2.54. The number of Topliss-reactive ketones (excluding diaryl/α,β-unsaturated/α-hetero) is 1. The predicted molar refractivity (Wildman–Crippen MR) is 112 cm³/mol. The van der Waals surface area contributed by atoms with E-state index < -0.39 is 39.8 Å². The van der Waals surface area contributed by atoms with Gasteiger partial charge < -0.3 is 4.18 Å². The molecule has 6 atom stereocenters. The van der Waals surface area contributed by atoms with Crippen LogP contribution in [0, 0.1) is 34.5 Å². The lowest BCUT2D eigenvalue weighted by Gasteiger charge is -2.58. The highest BCUT2D eigenvalue weighted by Gasteiger charge is 2.73. The van der Waals surface area contributed by atoms with Crippen molar-refractivity contribution in [3.8, 4) is 0 Å². The second kappa shape index (κ2) is 8.79. The molecule has 4 aliphatic carbocycles. The van der Waals surface area contributed by atoms with E-state index in [4.69, 9.17) is 0 Å². The molecule has 37 heavy (non-hydrogen) atoms. The van der Waals surface area contributed by atoms with Gasteiger partial charge in [-0.25, -0.2) is 13.5 Å². The second-order valence-electron chi connectivity index (χ2n) is 11.2. The topological polar surface area (TPSA) is 69.7 Å². The number of hydrogen-bond acceptors (Lipinski definition) is 5. The Balaban J connectivity index is 1.52. The Bertz CT molecular complexity index is 1080. The predicted octanol–water partition coefficient (Wildman–Crippen LogP) is 6.50. The monoisotopic (exact) mass is 568 g/mol. The minimum absolute atomic E-state index is 0.181. The van der Waals surface area contributed by atoms with Crippen LogP contribution in [0.4, 0.5) is 35.1 Å². The van der Waals surface area contributed by atoms with E-state index in [1.165, 1.54) is 6.08 Å². The maximum Gasteiger partial charge on any atom is 0.471 e. The van der Waals surface area contributed by atoms with E-state index in [0.29, 0.717) is 32.1 Å². The molecule has 0 heterocycles. The molecule has 3 fully saturated rings. The molecule has 0 saturated heterocycles. The SMILES string of the molecule is C[C@]12CCC(OS(=O)(=O)C(F)(F)C(F)(F)OC(F)(F)C(F)F)=CC1CC[C@@H]1[C@@H]2CC[C@]2(C)C(=O)CC[C@@H]12. The molecule has 5 nitrogen and oxygen atoms in total. The molecule has 0 radical (unpaired) electrons. The summed E-state index contributed by atoms with van der Waals surface area (Å²) in [5.41, 5.74) is -0.737. The van der Waals surface area contributed by atoms with Gasteiger partial charge in [0.15, 0.2) is 0 Å². The van der Waals surface area contributed by atoms with Crippen molar-refractivity contribution in [2.45, 2.75) is 89.1 Å². The first-order valence-electron chi connectivity index (χ1n) is 12.1. The first-order chi connectivity index (χ1) is 16.8. The van der Waals surface area contributed by atoms with Crippen molar-refractivity contribution in [1.82, 2.24) is 0 Å². The van der Waals surface area contributed by atoms with Gasteiger partial charge in [0, 0.05) is 18.3 Å². The van der Waals surface area contributed by atoms with E-state index in [1.54, 1.807) is 0 Å². The molecule has 0 aromatic heterocycles. The van der Waals surface area contributed by atoms with Gasteiger partial charge in [-0.15, -0.1) is 0 Å². The number of ketones is 1. The van der Waals surface area contributed by atoms with Crippen molar-refractivity contribution < 1.29 is 57.3 Å². The standard InChI is InChI=1S/C23H28F8O5S/c1-19-9-7-13(35-37(33,34)23(30,31)22(28,29)36-21(26,27)18(24)25)11-12(19)3-4-14-15-5-6-17(32)20(15,2)10-8-16(14)19/h11-12,14-16,18H,3-10H2,1-2H3/t12?,14-,15-,16-,19-,20-/m0/s1. The van der Waals surface area contributed by atoms with Gasteiger partial charge >= 0.3 is 34.0 Å². The van der Waals surface area contributed by atoms with Gasteiger partial charge in [0.25, 0.3) is 0 Å². The van der Waals surface area contributed by atoms with Gasteiger partial charge in [-0.05, 0) is 73.7 Å². The van der Waals surface area contributed by atoms with Gasteiger partial charge in [0.05, 0.1) is 0 Å². The number of carbonyl (C=O) groups is 1. The lowest BCUT2D eigenvalue weighted by atomic mass is 9.46. The van der Waals surface area contributed by atoms with Crippen LogP contribution in [0.3, 0.4) is 0 Å². The summed E-state index contributed by atoms with van der Waals surface area (Å²) < 4.78 is 136. The molecule has 4 aliphatic rings. The average molecular weight is 569 g/mol. The van der Waals surface area contributed by atoms with Crippen molar-refractivity contribution in [2.75, 3.05) is 0 Å². The number of carbonyl (C=O) groups excluding carboxylic acids is 1. The van der Waals surface area contributed by atoms with E-state index in [2.05, 4.69) is 8.92 Å². The molecule has 0 bridgehead atoms. The number of alkyl halides is 8. The summed E-state index contributed by atoms with van der Waals surface area (Å²) in [5, 5.41) is -6.39. The Morgan fingerprint density at radius 2 is 1.59 bits per heavy atom. The Labute approximate surface area is 209 Å². The number of ether oxygens (including phenoxy) is 1. The van der Waals surface area contributed by atoms with Crippen LogP contribution in [0.2, 0.25) is 0 Å². The van der Waals surface area contributed by atoms with E-state index in [0.717, 1.165) is 12.8 Å². The van der Waals surface area contributed by atoms with Crippen molar-refractivity contribution in [1.29, 1.82) is 0 Å². The van der Waals surface area contributed by atoms with Crippen LogP contribution < -0.4 is 0 Å². The van der Waals surface area contributed by atoms with Crippen LogP contribution in [-0.2, 0) is 23.8 Å². The highest BCUT2D eigenvalue weighted by atomic mass is 32.2. The molecule has 212 valence electrons. The highest BCUT2D eigenvalue weighted by Crippen LogP contribution is 2.65. The zero-order chi connectivity index (χ0) is 27.8. The molecule has 0 aromatic carbocycles. The van der Waals surface area contributed by atoms with E-state index in [9.17, 15) is 48.3 Å². The molecule has 14 heteroatoms. The van der Waals surface area contributed by atoms with E-state index >= 15 is 0 Å². The number of allylic oxidation sites excluding steroid dienone is 2. The molecule has 4 rings (SSSR count). The Morgan fingerprint density at radius 3 is 2.22 bits per heavy atom. The van der Waals surface area contributed by atoms with Crippen molar-refractivity contribution in [3.63, 3.8) is 0 Å². The van der Waals surface area contributed by atoms with Crippen molar-refractivity contribution >= 4 is 15.9 Å². The molecule has 1 unspecified atom stereocenters. The van der Waals surface area contributed by atoms with Crippen molar-refractivity contribution in [2.24, 2.45) is 34.5 Å². The third-order valence-electron chi connectivity index (χ3n) is 9.34. The summed E-state index contributed by atoms with van der Waals surface area (Å²) in [5.74, 6) is 0.0611. The fourth-order valence-corrected chi connectivity index (χ4v) is 8.14. The van der Waals surface area contributed by atoms with Crippen LogP contribution in [0.5, 0.6) is 0 Å². The smallest absolute Gasteiger partial charge is 0.383 e. The van der Waals surface area contributed by atoms with Gasteiger partial charge in [-0.3, -0.25) is 4.79 Å². The van der Waals surface area contributed by atoms with Gasteiger partial charge in [0.1, 0.15) is 11.5 Å². The third-order valence-corrected chi connectivity index (χ3v) is 10.6. The molecule has 0 aliphatic heterocycles. The molecule has 0 aromatic rings. The normalized spacial score (nSPS) is 37.1. The van der Waals surface area contributed by atoms with Gasteiger partial charge in [-0.1, -0.05) is 13.8 Å². The summed E-state index contributed by atoms with van der Waals surface area (Å²) in [4.78, 5) is 12.5. The summed E-state index contributed by atoms with van der Waals surface area (Å²) in [6, 6.07) is 0. The summed E-state index contributed by atoms with van der Waals surface area (Å²) >= 11 is 0. The first-order valence-corrected chi connectivity index (χ1v) is 13.5. The largest absolute Gasteiger partial charge is 0.471 e. The number of fused-ring (bicyclic) bond motifs is 5. The Morgan fingerprint density at radius 1 is 0.946 bits per heavy atom.